The van der Waals surface area contributed by atoms with Crippen molar-refractivity contribution in [3.8, 4) is 0 Å². The average molecular weight is 256 g/mol. The molecule has 1 heterocycles. The van der Waals surface area contributed by atoms with E-state index in [-0.39, 0.29) is 6.10 Å². The Morgan fingerprint density at radius 1 is 1.16 bits per heavy atom. The molecular formula is C16H20N2O. The van der Waals surface area contributed by atoms with E-state index >= 15 is 0 Å². The zero-order valence-corrected chi connectivity index (χ0v) is 11.2. The number of aromatic nitrogens is 1. The molecule has 0 bridgehead atoms. The second-order valence-electron chi connectivity index (χ2n) is 4.64. The summed E-state index contributed by atoms with van der Waals surface area (Å²) in [6.45, 7) is 3.39. The topological polar surface area (TPSA) is 36.4 Å². The van der Waals surface area contributed by atoms with Crippen LogP contribution in [0.2, 0.25) is 0 Å². The third-order valence-electron chi connectivity index (χ3n) is 3.12. The first-order chi connectivity index (χ1) is 9.29. The van der Waals surface area contributed by atoms with Gasteiger partial charge in [-0.1, -0.05) is 31.2 Å². The Bertz CT molecular complexity index is 473. The molecule has 0 aliphatic heterocycles. The Labute approximate surface area is 114 Å². The predicted octanol–water partition coefficient (Wildman–Crippen LogP) is 2.86. The summed E-state index contributed by atoms with van der Waals surface area (Å²) in [5, 5.41) is 9.91. The van der Waals surface area contributed by atoms with Crippen LogP contribution in [0.15, 0.2) is 54.9 Å². The summed E-state index contributed by atoms with van der Waals surface area (Å²) in [6, 6.07) is 14.2. The molecule has 0 aliphatic carbocycles. The van der Waals surface area contributed by atoms with E-state index < -0.39 is 0 Å². The van der Waals surface area contributed by atoms with Crippen molar-refractivity contribution < 1.29 is 5.11 Å². The maximum Gasteiger partial charge on any atom is 0.0712 e. The zero-order valence-electron chi connectivity index (χ0n) is 11.2. The molecule has 2 aromatic rings. The lowest BCUT2D eigenvalue weighted by Gasteiger charge is -2.27. The lowest BCUT2D eigenvalue weighted by Crippen LogP contribution is -2.31. The Morgan fingerprint density at radius 3 is 2.58 bits per heavy atom. The highest BCUT2D eigenvalue weighted by atomic mass is 16.3. The number of aliphatic hydroxyl groups excluding tert-OH is 1. The van der Waals surface area contributed by atoms with Crippen molar-refractivity contribution in [2.75, 3.05) is 11.4 Å². The summed E-state index contributed by atoms with van der Waals surface area (Å²) >= 11 is 0. The smallest absolute Gasteiger partial charge is 0.0712 e. The highest BCUT2D eigenvalue weighted by Gasteiger charge is 2.11. The summed E-state index contributed by atoms with van der Waals surface area (Å²) in [6.07, 6.45) is 4.10. The van der Waals surface area contributed by atoms with Crippen LogP contribution in [0, 0.1) is 0 Å². The molecule has 0 saturated heterocycles. The number of aliphatic hydroxyl groups is 1. The number of para-hydroxylation sites is 1. The molecule has 100 valence electrons. The van der Waals surface area contributed by atoms with Crippen LogP contribution < -0.4 is 4.90 Å². The third kappa shape index (κ3) is 4.07. The van der Waals surface area contributed by atoms with E-state index in [0.717, 1.165) is 24.2 Å². The second-order valence-corrected chi connectivity index (χ2v) is 4.64. The Morgan fingerprint density at radius 2 is 1.95 bits per heavy atom. The van der Waals surface area contributed by atoms with E-state index in [0.29, 0.717) is 6.54 Å². The molecule has 0 amide bonds. The molecule has 0 spiro atoms. The van der Waals surface area contributed by atoms with Gasteiger partial charge in [-0.25, -0.2) is 0 Å². The van der Waals surface area contributed by atoms with Gasteiger partial charge in [0.05, 0.1) is 6.10 Å². The van der Waals surface area contributed by atoms with E-state index in [9.17, 15) is 5.11 Å². The van der Waals surface area contributed by atoms with Crippen molar-refractivity contribution in [3.63, 3.8) is 0 Å². The van der Waals surface area contributed by atoms with Gasteiger partial charge in [-0.15, -0.1) is 0 Å². The molecule has 19 heavy (non-hydrogen) atoms. The third-order valence-corrected chi connectivity index (χ3v) is 3.12. The van der Waals surface area contributed by atoms with Crippen LogP contribution in [0.4, 0.5) is 5.69 Å². The standard InChI is InChI=1S/C16H20N2O/c1-2-16(19)13-18(15-8-4-3-5-9-15)12-14-7-6-10-17-11-14/h3-11,16,19H,2,12-13H2,1H3/t16-/m1/s1. The molecule has 0 radical (unpaired) electrons. The number of anilines is 1. The van der Waals surface area contributed by atoms with E-state index in [1.165, 1.54) is 0 Å². The van der Waals surface area contributed by atoms with Crippen molar-refractivity contribution in [1.29, 1.82) is 0 Å². The fourth-order valence-corrected chi connectivity index (χ4v) is 2.00. The normalized spacial score (nSPS) is 12.1. The molecule has 1 N–H and O–H groups in total. The van der Waals surface area contributed by atoms with Crippen LogP contribution in [-0.2, 0) is 6.54 Å². The summed E-state index contributed by atoms with van der Waals surface area (Å²) in [5.41, 5.74) is 2.27. The predicted molar refractivity (Wildman–Crippen MR) is 78.0 cm³/mol. The SMILES string of the molecule is CC[C@@H](O)CN(Cc1cccnc1)c1ccccc1. The van der Waals surface area contributed by atoms with Gasteiger partial charge in [0.1, 0.15) is 0 Å². The minimum absolute atomic E-state index is 0.308. The van der Waals surface area contributed by atoms with Crippen LogP contribution in [0.25, 0.3) is 0 Å². The number of nitrogens with zero attached hydrogens (tertiary/aromatic N) is 2. The van der Waals surface area contributed by atoms with Gasteiger partial charge in [0.25, 0.3) is 0 Å². The van der Waals surface area contributed by atoms with Crippen LogP contribution >= 0.6 is 0 Å². The van der Waals surface area contributed by atoms with Crippen LogP contribution in [-0.4, -0.2) is 22.7 Å². The highest BCUT2D eigenvalue weighted by Crippen LogP contribution is 2.17. The molecule has 3 nitrogen and oxygen atoms in total. The van der Waals surface area contributed by atoms with Crippen LogP contribution in [0.3, 0.4) is 0 Å². The van der Waals surface area contributed by atoms with E-state index in [2.05, 4.69) is 28.1 Å². The molecule has 1 aromatic heterocycles. The van der Waals surface area contributed by atoms with Crippen molar-refractivity contribution in [2.24, 2.45) is 0 Å². The van der Waals surface area contributed by atoms with Crippen molar-refractivity contribution in [1.82, 2.24) is 4.98 Å². The van der Waals surface area contributed by atoms with Gasteiger partial charge < -0.3 is 10.0 Å². The first-order valence-electron chi connectivity index (χ1n) is 6.66. The number of hydrogen-bond donors (Lipinski definition) is 1. The fraction of sp³-hybridized carbons (Fsp3) is 0.312. The average Bonchev–Trinajstić information content (AvgIpc) is 2.48. The molecular weight excluding hydrogens is 236 g/mol. The van der Waals surface area contributed by atoms with E-state index in [1.54, 1.807) is 6.20 Å². The Balaban J connectivity index is 2.15. The first kappa shape index (κ1) is 13.6. The lowest BCUT2D eigenvalue weighted by atomic mass is 10.2. The summed E-state index contributed by atoms with van der Waals surface area (Å²) in [4.78, 5) is 6.33. The maximum absolute atomic E-state index is 9.91. The Kier molecular flexibility index (Phi) is 4.93. The molecule has 3 heteroatoms. The largest absolute Gasteiger partial charge is 0.391 e. The van der Waals surface area contributed by atoms with Gasteiger partial charge in [0.2, 0.25) is 0 Å². The highest BCUT2D eigenvalue weighted by molar-refractivity contribution is 5.46. The Hall–Kier alpha value is -1.87. The van der Waals surface area contributed by atoms with Gasteiger partial charge in [-0.3, -0.25) is 4.98 Å². The first-order valence-corrected chi connectivity index (χ1v) is 6.66. The monoisotopic (exact) mass is 256 g/mol. The summed E-state index contributed by atoms with van der Waals surface area (Å²) in [7, 11) is 0. The minimum Gasteiger partial charge on any atom is -0.391 e. The van der Waals surface area contributed by atoms with Gasteiger partial charge in [0, 0.05) is 31.2 Å². The number of benzene rings is 1. The number of pyridine rings is 1. The van der Waals surface area contributed by atoms with Gasteiger partial charge in [-0.2, -0.15) is 0 Å². The van der Waals surface area contributed by atoms with E-state index in [4.69, 9.17) is 0 Å². The van der Waals surface area contributed by atoms with Gasteiger partial charge in [0.15, 0.2) is 0 Å². The maximum atomic E-state index is 9.91. The molecule has 0 fully saturated rings. The molecule has 0 saturated carbocycles. The summed E-state index contributed by atoms with van der Waals surface area (Å²) < 4.78 is 0. The molecule has 2 rings (SSSR count). The fourth-order valence-electron chi connectivity index (χ4n) is 2.00. The second kappa shape index (κ2) is 6.90. The van der Waals surface area contributed by atoms with Crippen molar-refractivity contribution in [2.45, 2.75) is 26.0 Å². The van der Waals surface area contributed by atoms with Crippen LogP contribution in [0.1, 0.15) is 18.9 Å². The molecule has 1 atom stereocenters. The molecule has 0 unspecified atom stereocenters. The number of rotatable bonds is 6. The van der Waals surface area contributed by atoms with Crippen LogP contribution in [0.5, 0.6) is 0 Å². The lowest BCUT2D eigenvalue weighted by molar-refractivity contribution is 0.175. The van der Waals surface area contributed by atoms with Crippen molar-refractivity contribution in [3.05, 3.63) is 60.4 Å². The summed E-state index contributed by atoms with van der Waals surface area (Å²) in [5.74, 6) is 0. The zero-order chi connectivity index (χ0) is 13.5. The van der Waals surface area contributed by atoms with E-state index in [1.807, 2.05) is 37.4 Å². The van der Waals surface area contributed by atoms with Crippen molar-refractivity contribution >= 4 is 5.69 Å². The van der Waals surface area contributed by atoms with Gasteiger partial charge >= 0.3 is 0 Å². The minimum atomic E-state index is -0.308. The van der Waals surface area contributed by atoms with Gasteiger partial charge in [-0.05, 0) is 30.2 Å². The quantitative estimate of drug-likeness (QED) is 0.863. The molecule has 1 aromatic carbocycles. The molecule has 0 aliphatic rings. The number of hydrogen-bond acceptors (Lipinski definition) is 3.